The summed E-state index contributed by atoms with van der Waals surface area (Å²) in [4.78, 5) is 3.16. The summed E-state index contributed by atoms with van der Waals surface area (Å²) in [6.45, 7) is 0.596. The van der Waals surface area contributed by atoms with Gasteiger partial charge >= 0.3 is 0 Å². The zero-order chi connectivity index (χ0) is 13.9. The van der Waals surface area contributed by atoms with Crippen molar-refractivity contribution in [2.45, 2.75) is 11.4 Å². The second-order valence-corrected chi connectivity index (χ2v) is 6.82. The number of aromatic amines is 1. The normalized spacial score (nSPS) is 11.5. The van der Waals surface area contributed by atoms with Gasteiger partial charge < -0.3 is 10.3 Å². The van der Waals surface area contributed by atoms with Crippen LogP contribution in [0.25, 0.3) is 0 Å². The maximum absolute atomic E-state index is 12.2. The SMILES string of the molecule is CNCc1cc(S(=O)(=O)Nc2ccccc2I)c[nH]1. The van der Waals surface area contributed by atoms with Crippen LogP contribution >= 0.6 is 22.6 Å². The van der Waals surface area contributed by atoms with Crippen molar-refractivity contribution in [2.75, 3.05) is 11.8 Å². The van der Waals surface area contributed by atoms with E-state index in [1.807, 2.05) is 12.1 Å². The lowest BCUT2D eigenvalue weighted by Gasteiger charge is -2.07. The van der Waals surface area contributed by atoms with Crippen molar-refractivity contribution in [2.24, 2.45) is 0 Å². The minimum Gasteiger partial charge on any atom is -0.363 e. The van der Waals surface area contributed by atoms with Gasteiger partial charge in [-0.15, -0.1) is 0 Å². The van der Waals surface area contributed by atoms with Crippen LogP contribution in [-0.4, -0.2) is 20.4 Å². The summed E-state index contributed by atoms with van der Waals surface area (Å²) in [6.07, 6.45) is 1.49. The third kappa shape index (κ3) is 3.48. The van der Waals surface area contributed by atoms with E-state index >= 15 is 0 Å². The van der Waals surface area contributed by atoms with Gasteiger partial charge in [-0.3, -0.25) is 4.72 Å². The van der Waals surface area contributed by atoms with E-state index in [1.54, 1.807) is 25.2 Å². The number of H-pyrrole nitrogens is 1. The number of benzene rings is 1. The molecule has 1 aromatic heterocycles. The molecule has 19 heavy (non-hydrogen) atoms. The van der Waals surface area contributed by atoms with Crippen LogP contribution in [0.3, 0.4) is 0 Å². The van der Waals surface area contributed by atoms with Crippen molar-refractivity contribution >= 4 is 38.3 Å². The van der Waals surface area contributed by atoms with Crippen LogP contribution in [0.4, 0.5) is 5.69 Å². The Kier molecular flexibility index (Phi) is 4.48. The Hall–Kier alpha value is -1.06. The van der Waals surface area contributed by atoms with Gasteiger partial charge in [-0.05, 0) is 47.8 Å². The molecule has 0 aliphatic rings. The molecular weight excluding hydrogens is 377 g/mol. The van der Waals surface area contributed by atoms with Crippen LogP contribution < -0.4 is 10.0 Å². The Balaban J connectivity index is 2.25. The minimum absolute atomic E-state index is 0.234. The van der Waals surface area contributed by atoms with Crippen LogP contribution in [0.5, 0.6) is 0 Å². The second kappa shape index (κ2) is 5.93. The molecule has 0 amide bonds. The lowest BCUT2D eigenvalue weighted by atomic mass is 10.3. The molecule has 0 saturated heterocycles. The van der Waals surface area contributed by atoms with Gasteiger partial charge in [0.2, 0.25) is 0 Å². The van der Waals surface area contributed by atoms with Gasteiger partial charge in [-0.25, -0.2) is 8.42 Å². The molecule has 3 N–H and O–H groups in total. The van der Waals surface area contributed by atoms with E-state index in [1.165, 1.54) is 6.20 Å². The Morgan fingerprint density at radius 1 is 1.32 bits per heavy atom. The van der Waals surface area contributed by atoms with Crippen LogP contribution in [0.1, 0.15) is 5.69 Å². The average molecular weight is 391 g/mol. The van der Waals surface area contributed by atoms with Crippen molar-refractivity contribution in [1.29, 1.82) is 0 Å². The highest BCUT2D eigenvalue weighted by Gasteiger charge is 2.17. The molecule has 7 heteroatoms. The number of halogens is 1. The van der Waals surface area contributed by atoms with Gasteiger partial charge in [0, 0.05) is 22.0 Å². The molecule has 0 atom stereocenters. The van der Waals surface area contributed by atoms with Crippen molar-refractivity contribution < 1.29 is 8.42 Å². The zero-order valence-electron chi connectivity index (χ0n) is 10.3. The third-order valence-electron chi connectivity index (χ3n) is 2.51. The summed E-state index contributed by atoms with van der Waals surface area (Å²) in [5.74, 6) is 0. The molecule has 2 aromatic rings. The number of sulfonamides is 1. The molecule has 0 spiro atoms. The van der Waals surface area contributed by atoms with E-state index in [4.69, 9.17) is 0 Å². The lowest BCUT2D eigenvalue weighted by molar-refractivity contribution is 0.601. The predicted octanol–water partition coefficient (Wildman–Crippen LogP) is 2.14. The fraction of sp³-hybridized carbons (Fsp3) is 0.167. The monoisotopic (exact) mass is 391 g/mol. The molecule has 0 saturated carbocycles. The molecule has 0 aliphatic carbocycles. The van der Waals surface area contributed by atoms with Crippen molar-refractivity contribution in [3.8, 4) is 0 Å². The zero-order valence-corrected chi connectivity index (χ0v) is 13.2. The number of nitrogens with one attached hydrogen (secondary N) is 3. The Morgan fingerprint density at radius 2 is 2.05 bits per heavy atom. The maximum atomic E-state index is 12.2. The second-order valence-electron chi connectivity index (χ2n) is 3.98. The minimum atomic E-state index is -3.55. The molecule has 0 fully saturated rings. The van der Waals surface area contributed by atoms with E-state index < -0.39 is 10.0 Å². The van der Waals surface area contributed by atoms with Gasteiger partial charge in [0.25, 0.3) is 10.0 Å². The number of hydrogen-bond donors (Lipinski definition) is 3. The summed E-state index contributed by atoms with van der Waals surface area (Å²) in [5.41, 5.74) is 1.41. The summed E-state index contributed by atoms with van der Waals surface area (Å²) >= 11 is 2.09. The van der Waals surface area contributed by atoms with Gasteiger partial charge in [0.05, 0.1) is 5.69 Å². The number of anilines is 1. The average Bonchev–Trinajstić information content (AvgIpc) is 2.82. The molecule has 0 bridgehead atoms. The van der Waals surface area contributed by atoms with E-state index in [0.29, 0.717) is 12.2 Å². The molecule has 0 radical (unpaired) electrons. The first kappa shape index (κ1) is 14.4. The lowest BCUT2D eigenvalue weighted by Crippen LogP contribution is -2.13. The van der Waals surface area contributed by atoms with E-state index in [2.05, 4.69) is 37.6 Å². The molecule has 2 rings (SSSR count). The summed E-state index contributed by atoms with van der Waals surface area (Å²) in [6, 6.07) is 8.86. The number of aromatic nitrogens is 1. The first-order chi connectivity index (χ1) is 9.03. The highest BCUT2D eigenvalue weighted by Crippen LogP contribution is 2.21. The molecule has 1 aromatic carbocycles. The highest BCUT2D eigenvalue weighted by atomic mass is 127. The van der Waals surface area contributed by atoms with E-state index in [-0.39, 0.29) is 4.90 Å². The van der Waals surface area contributed by atoms with Crippen molar-refractivity contribution in [3.05, 3.63) is 45.8 Å². The number of para-hydroxylation sites is 1. The molecule has 1 heterocycles. The first-order valence-corrected chi connectivity index (χ1v) is 8.18. The van der Waals surface area contributed by atoms with Crippen LogP contribution in [0.2, 0.25) is 0 Å². The first-order valence-electron chi connectivity index (χ1n) is 5.62. The van der Waals surface area contributed by atoms with E-state index in [0.717, 1.165) is 9.26 Å². The predicted molar refractivity (Wildman–Crippen MR) is 83.5 cm³/mol. The van der Waals surface area contributed by atoms with Crippen molar-refractivity contribution in [1.82, 2.24) is 10.3 Å². The third-order valence-corrected chi connectivity index (χ3v) is 4.80. The molecule has 5 nitrogen and oxygen atoms in total. The molecular formula is C12H14IN3O2S. The van der Waals surface area contributed by atoms with Crippen LogP contribution in [0.15, 0.2) is 41.4 Å². The largest absolute Gasteiger partial charge is 0.363 e. The maximum Gasteiger partial charge on any atom is 0.263 e. The van der Waals surface area contributed by atoms with Crippen LogP contribution in [-0.2, 0) is 16.6 Å². The highest BCUT2D eigenvalue weighted by molar-refractivity contribution is 14.1. The van der Waals surface area contributed by atoms with Crippen LogP contribution in [0, 0.1) is 3.57 Å². The van der Waals surface area contributed by atoms with Gasteiger partial charge in [0.15, 0.2) is 0 Å². The fourth-order valence-corrected chi connectivity index (χ4v) is 3.42. The summed E-state index contributed by atoms with van der Waals surface area (Å²) in [5, 5.41) is 2.96. The Bertz CT molecular complexity index is 667. The van der Waals surface area contributed by atoms with E-state index in [9.17, 15) is 8.42 Å². The number of hydrogen-bond acceptors (Lipinski definition) is 3. The molecule has 0 unspecified atom stereocenters. The Morgan fingerprint density at radius 3 is 2.74 bits per heavy atom. The molecule has 0 aliphatic heterocycles. The Labute approximate surface area is 126 Å². The topological polar surface area (TPSA) is 74.0 Å². The summed E-state index contributed by atoms with van der Waals surface area (Å²) in [7, 11) is -1.74. The standard InChI is InChI=1S/C12H14IN3O2S/c1-14-7-9-6-10(8-15-9)19(17,18)16-12-5-3-2-4-11(12)13/h2-6,8,14-16H,7H2,1H3. The smallest absolute Gasteiger partial charge is 0.263 e. The fourth-order valence-electron chi connectivity index (χ4n) is 1.61. The van der Waals surface area contributed by atoms with Gasteiger partial charge in [-0.1, -0.05) is 12.1 Å². The van der Waals surface area contributed by atoms with Gasteiger partial charge in [-0.2, -0.15) is 0 Å². The quantitative estimate of drug-likeness (QED) is 0.684. The van der Waals surface area contributed by atoms with Gasteiger partial charge in [0.1, 0.15) is 4.90 Å². The molecule has 102 valence electrons. The van der Waals surface area contributed by atoms with Crippen molar-refractivity contribution in [3.63, 3.8) is 0 Å². The summed E-state index contributed by atoms with van der Waals surface area (Å²) < 4.78 is 27.9. The number of rotatable bonds is 5.